The molecule has 1 rings (SSSR count). The number of benzene rings is 1. The fourth-order valence-electron chi connectivity index (χ4n) is 3.34. The van der Waals surface area contributed by atoms with Crippen molar-refractivity contribution in [2.24, 2.45) is 0 Å². The van der Waals surface area contributed by atoms with Crippen molar-refractivity contribution in [3.05, 3.63) is 35.9 Å². The topological polar surface area (TPSA) is 29.5 Å². The van der Waals surface area contributed by atoms with Gasteiger partial charge in [0.25, 0.3) is 0 Å². The molecule has 0 bridgehead atoms. The Balaban J connectivity index is 2.87. The second-order valence-electron chi connectivity index (χ2n) is 9.89. The summed E-state index contributed by atoms with van der Waals surface area (Å²) in [6.07, 6.45) is 2.00. The van der Waals surface area contributed by atoms with Gasteiger partial charge < -0.3 is 9.53 Å². The molecule has 1 aromatic rings. The van der Waals surface area contributed by atoms with E-state index in [-0.39, 0.29) is 11.1 Å². The summed E-state index contributed by atoms with van der Waals surface area (Å²) in [5.41, 5.74) is 4.83. The van der Waals surface area contributed by atoms with Crippen LogP contribution in [-0.2, 0) is 10.8 Å². The molecule has 1 unspecified atom stereocenters. The lowest BCUT2D eigenvalue weighted by Gasteiger charge is -2.39. The van der Waals surface area contributed by atoms with E-state index in [2.05, 4.69) is 96.4 Å². The summed E-state index contributed by atoms with van der Waals surface area (Å²) in [7, 11) is -3.38. The minimum absolute atomic E-state index is 0.125. The molecule has 29 heavy (non-hydrogen) atoms. The first kappa shape index (κ1) is 26.2. The highest BCUT2D eigenvalue weighted by molar-refractivity contribution is 6.87. The van der Waals surface area contributed by atoms with Crippen LogP contribution in [-0.4, -0.2) is 33.7 Å². The van der Waals surface area contributed by atoms with Crippen LogP contribution in [0.15, 0.2) is 30.3 Å². The minimum atomic E-state index is -1.87. The molecule has 0 spiro atoms. The van der Waals surface area contributed by atoms with E-state index in [1.165, 1.54) is 23.7 Å². The molecule has 0 aliphatic heterocycles. The van der Waals surface area contributed by atoms with Crippen LogP contribution in [0.2, 0.25) is 36.3 Å². The maximum absolute atomic E-state index is 10.6. The molecule has 1 N–H and O–H groups in total. The summed E-state index contributed by atoms with van der Waals surface area (Å²) in [5, 5.41) is 10.8. The third-order valence-corrected chi connectivity index (χ3v) is 16.1. The Kier molecular flexibility index (Phi) is 10.4. The summed E-state index contributed by atoms with van der Waals surface area (Å²) in [6.45, 7) is 18.2. The maximum atomic E-state index is 10.6. The molecule has 0 heterocycles. The van der Waals surface area contributed by atoms with E-state index in [0.29, 0.717) is 6.42 Å². The zero-order valence-corrected chi connectivity index (χ0v) is 22.1. The largest absolute Gasteiger partial charge is 0.414 e. The van der Waals surface area contributed by atoms with Crippen LogP contribution in [0.1, 0.15) is 59.9 Å². The zero-order valence-electron chi connectivity index (χ0n) is 20.1. The van der Waals surface area contributed by atoms with Crippen LogP contribution < -0.4 is 0 Å². The molecule has 164 valence electrons. The van der Waals surface area contributed by atoms with E-state index < -0.39 is 22.5 Å². The lowest BCUT2D eigenvalue weighted by molar-refractivity contribution is 0.142. The van der Waals surface area contributed by atoms with Crippen LogP contribution in [0.25, 0.3) is 0 Å². The van der Waals surface area contributed by atoms with Gasteiger partial charge in [0, 0.05) is 6.10 Å². The summed E-state index contributed by atoms with van der Waals surface area (Å²) in [6, 6.07) is 14.1. The van der Waals surface area contributed by atoms with Gasteiger partial charge in [-0.1, -0.05) is 77.8 Å². The van der Waals surface area contributed by atoms with E-state index in [0.717, 1.165) is 12.8 Å². The van der Waals surface area contributed by atoms with E-state index in [1.54, 1.807) is 0 Å². The Morgan fingerprint density at radius 3 is 2.00 bits per heavy atom. The first-order chi connectivity index (χ1) is 13.5. The van der Waals surface area contributed by atoms with Gasteiger partial charge in [0.05, 0.1) is 0 Å². The Bertz CT molecular complexity index is 641. The molecule has 1 aromatic carbocycles. The first-order valence-electron chi connectivity index (χ1n) is 11.4. The van der Waals surface area contributed by atoms with Crippen LogP contribution in [0.3, 0.4) is 0 Å². The second-order valence-corrected chi connectivity index (χ2v) is 19.6. The molecule has 2 nitrogen and oxygen atoms in total. The minimum Gasteiger partial charge on any atom is -0.414 e. The summed E-state index contributed by atoms with van der Waals surface area (Å²) in [4.78, 5) is 0. The van der Waals surface area contributed by atoms with Crippen molar-refractivity contribution in [2.75, 3.05) is 0 Å². The summed E-state index contributed by atoms with van der Waals surface area (Å²) < 4.78 is 6.75. The molecule has 0 aromatic heterocycles. The highest BCUT2D eigenvalue weighted by Gasteiger charge is 2.39. The number of aliphatic hydroxyl groups is 1. The lowest BCUT2D eigenvalue weighted by atomic mass is 10.0. The molecular weight excluding hydrogens is 388 g/mol. The predicted octanol–water partition coefficient (Wildman–Crippen LogP) is 6.81. The number of aliphatic hydroxyl groups excluding tert-OH is 1. The van der Waals surface area contributed by atoms with Crippen molar-refractivity contribution in [2.45, 2.75) is 109 Å². The second kappa shape index (κ2) is 11.5. The summed E-state index contributed by atoms with van der Waals surface area (Å²) in [5.74, 6) is 3.21. The monoisotopic (exact) mass is 432 g/mol. The third-order valence-electron chi connectivity index (χ3n) is 6.87. The van der Waals surface area contributed by atoms with E-state index in [4.69, 9.17) is 4.43 Å². The quantitative estimate of drug-likeness (QED) is 0.325. The molecule has 0 amide bonds. The third kappa shape index (κ3) is 8.41. The van der Waals surface area contributed by atoms with Crippen LogP contribution in [0.5, 0.6) is 0 Å². The van der Waals surface area contributed by atoms with Gasteiger partial charge in [-0.25, -0.2) is 0 Å². The average molecular weight is 433 g/mol. The first-order valence-corrected chi connectivity index (χ1v) is 16.9. The Morgan fingerprint density at radius 2 is 1.52 bits per heavy atom. The number of hydrogen-bond acceptors (Lipinski definition) is 2. The van der Waals surface area contributed by atoms with Crippen molar-refractivity contribution in [3.63, 3.8) is 0 Å². The molecule has 0 saturated heterocycles. The van der Waals surface area contributed by atoms with Crippen LogP contribution in [0.4, 0.5) is 0 Å². The van der Waals surface area contributed by atoms with Crippen molar-refractivity contribution in [1.29, 1.82) is 0 Å². The number of rotatable bonds is 10. The van der Waals surface area contributed by atoms with Gasteiger partial charge in [0.1, 0.15) is 14.2 Å². The average Bonchev–Trinajstić information content (AvgIpc) is 2.67. The molecular formula is C25H44O2Si2. The predicted molar refractivity (Wildman–Crippen MR) is 132 cm³/mol. The van der Waals surface area contributed by atoms with Gasteiger partial charge in [-0.15, -0.1) is 5.54 Å². The maximum Gasteiger partial charge on any atom is 0.192 e. The molecule has 0 aliphatic carbocycles. The van der Waals surface area contributed by atoms with Crippen LogP contribution >= 0.6 is 0 Å². The Morgan fingerprint density at radius 1 is 0.966 bits per heavy atom. The SMILES string of the molecule is CC[Si](C#CC(O)CC[C@H](Cc1ccccc1)O[Si](C)(C)C(C)(C)C)(CC)CC. The molecule has 0 aliphatic rings. The van der Waals surface area contributed by atoms with Crippen LogP contribution in [0, 0.1) is 11.5 Å². The van der Waals surface area contributed by atoms with Gasteiger partial charge in [0.2, 0.25) is 0 Å². The van der Waals surface area contributed by atoms with E-state index in [1.807, 2.05) is 0 Å². The highest BCUT2D eigenvalue weighted by Crippen LogP contribution is 2.38. The van der Waals surface area contributed by atoms with Crippen molar-refractivity contribution in [1.82, 2.24) is 0 Å². The van der Waals surface area contributed by atoms with Gasteiger partial charge in [-0.05, 0) is 61.1 Å². The molecule has 4 heteroatoms. The highest BCUT2D eigenvalue weighted by atomic mass is 28.4. The zero-order chi connectivity index (χ0) is 22.1. The smallest absolute Gasteiger partial charge is 0.192 e. The molecule has 0 fully saturated rings. The van der Waals surface area contributed by atoms with Gasteiger partial charge in [-0.3, -0.25) is 0 Å². The van der Waals surface area contributed by atoms with E-state index >= 15 is 0 Å². The van der Waals surface area contributed by atoms with Gasteiger partial charge >= 0.3 is 0 Å². The Hall–Kier alpha value is -0.866. The number of hydrogen-bond donors (Lipinski definition) is 1. The van der Waals surface area contributed by atoms with Crippen molar-refractivity contribution >= 4 is 16.4 Å². The fraction of sp³-hybridized carbons (Fsp3) is 0.680. The van der Waals surface area contributed by atoms with Gasteiger partial charge in [0.15, 0.2) is 8.32 Å². The standard InChI is InChI=1S/C25H44O2Si2/c1-9-29(10-2,11-3)20-19-23(26)17-18-24(21-22-15-13-12-14-16-22)27-28(7,8)25(4,5)6/h12-16,23-24,26H,9-11,17-18,21H2,1-8H3/t23?,24-/m1/s1. The Labute approximate surface area is 182 Å². The molecule has 2 atom stereocenters. The lowest BCUT2D eigenvalue weighted by Crippen LogP contribution is -2.44. The molecule has 0 saturated carbocycles. The molecule has 0 radical (unpaired) electrons. The van der Waals surface area contributed by atoms with Crippen molar-refractivity contribution in [3.8, 4) is 11.5 Å². The summed E-state index contributed by atoms with van der Waals surface area (Å²) >= 11 is 0. The van der Waals surface area contributed by atoms with E-state index in [9.17, 15) is 5.11 Å². The van der Waals surface area contributed by atoms with Gasteiger partial charge in [-0.2, -0.15) is 0 Å². The van der Waals surface area contributed by atoms with Crippen molar-refractivity contribution < 1.29 is 9.53 Å². The fourth-order valence-corrected chi connectivity index (χ4v) is 7.23. The normalized spacial score (nSPS) is 14.8.